The number of hydrogen-bond donors (Lipinski definition) is 1. The molecule has 1 saturated heterocycles. The molecule has 0 unspecified atom stereocenters. The molecule has 4 nitrogen and oxygen atoms in total. The molecule has 3 rings (SSSR count). The van der Waals surface area contributed by atoms with Crippen molar-refractivity contribution in [1.82, 2.24) is 5.32 Å². The number of amides is 2. The van der Waals surface area contributed by atoms with Crippen LogP contribution in [0.1, 0.15) is 44.1 Å². The second kappa shape index (κ2) is 5.51. The molecule has 21 heavy (non-hydrogen) atoms. The maximum Gasteiger partial charge on any atom is 0.252 e. The van der Waals surface area contributed by atoms with Gasteiger partial charge in [-0.1, -0.05) is 37.0 Å². The quantitative estimate of drug-likeness (QED) is 0.862. The van der Waals surface area contributed by atoms with Crippen LogP contribution in [-0.4, -0.2) is 23.9 Å². The van der Waals surface area contributed by atoms with E-state index in [9.17, 15) is 9.59 Å². The molecule has 0 aromatic heterocycles. The number of carbonyl (C=O) groups is 2. The molecule has 4 heteroatoms. The fourth-order valence-electron chi connectivity index (χ4n) is 3.42. The lowest BCUT2D eigenvalue weighted by molar-refractivity contribution is -0.131. The first-order valence-electron chi connectivity index (χ1n) is 7.80. The Morgan fingerprint density at radius 1 is 1.05 bits per heavy atom. The van der Waals surface area contributed by atoms with E-state index in [0.717, 1.165) is 37.8 Å². The third kappa shape index (κ3) is 2.67. The highest BCUT2D eigenvalue weighted by Crippen LogP contribution is 2.33. The minimum atomic E-state index is -0.670. The number of nitrogens with zero attached hydrogens (tertiary/aromatic N) is 1. The molecule has 2 aliphatic rings. The standard InChI is InChI=1S/C17H22N2O2/c1-13-5-7-14(8-6-13)19-12-9-15(20)18-17(16(19)21)10-3-2-4-11-17/h5-8H,2-4,9-12H2,1H3,(H,18,20). The van der Waals surface area contributed by atoms with Crippen LogP contribution in [0.3, 0.4) is 0 Å². The number of rotatable bonds is 1. The Bertz CT molecular complexity index is 544. The summed E-state index contributed by atoms with van der Waals surface area (Å²) in [7, 11) is 0. The molecule has 1 aliphatic heterocycles. The van der Waals surface area contributed by atoms with Crippen molar-refractivity contribution in [3.8, 4) is 0 Å². The van der Waals surface area contributed by atoms with Crippen molar-refractivity contribution in [2.24, 2.45) is 0 Å². The molecular formula is C17H22N2O2. The third-order valence-electron chi connectivity index (χ3n) is 4.65. The first kappa shape index (κ1) is 14.1. The predicted octanol–water partition coefficient (Wildman–Crippen LogP) is 2.55. The summed E-state index contributed by atoms with van der Waals surface area (Å²) in [5, 5.41) is 3.02. The molecule has 1 spiro atoms. The number of anilines is 1. The van der Waals surface area contributed by atoms with Gasteiger partial charge < -0.3 is 10.2 Å². The number of benzene rings is 1. The molecule has 0 atom stereocenters. The van der Waals surface area contributed by atoms with Gasteiger partial charge in [-0.3, -0.25) is 9.59 Å². The van der Waals surface area contributed by atoms with E-state index < -0.39 is 5.54 Å². The van der Waals surface area contributed by atoms with Gasteiger partial charge in [0.2, 0.25) is 5.91 Å². The van der Waals surface area contributed by atoms with Crippen LogP contribution in [0.5, 0.6) is 0 Å². The summed E-state index contributed by atoms with van der Waals surface area (Å²) in [6.07, 6.45) is 5.07. The van der Waals surface area contributed by atoms with Gasteiger partial charge in [-0.2, -0.15) is 0 Å². The molecule has 1 aromatic rings. The average molecular weight is 286 g/mol. The summed E-state index contributed by atoms with van der Waals surface area (Å²) < 4.78 is 0. The van der Waals surface area contributed by atoms with Crippen molar-refractivity contribution in [2.45, 2.75) is 51.0 Å². The van der Waals surface area contributed by atoms with Gasteiger partial charge in [0, 0.05) is 18.7 Å². The largest absolute Gasteiger partial charge is 0.342 e. The van der Waals surface area contributed by atoms with Gasteiger partial charge in [-0.05, 0) is 31.9 Å². The van der Waals surface area contributed by atoms with Gasteiger partial charge in [0.1, 0.15) is 5.54 Å². The first-order valence-corrected chi connectivity index (χ1v) is 7.80. The highest BCUT2D eigenvalue weighted by atomic mass is 16.2. The zero-order valence-electron chi connectivity index (χ0n) is 12.5. The molecule has 112 valence electrons. The topological polar surface area (TPSA) is 49.4 Å². The molecular weight excluding hydrogens is 264 g/mol. The Kier molecular flexibility index (Phi) is 3.70. The summed E-state index contributed by atoms with van der Waals surface area (Å²) >= 11 is 0. The summed E-state index contributed by atoms with van der Waals surface area (Å²) in [6, 6.07) is 7.96. The second-order valence-electron chi connectivity index (χ2n) is 6.23. The minimum Gasteiger partial charge on any atom is -0.342 e. The maximum absolute atomic E-state index is 13.1. The van der Waals surface area contributed by atoms with E-state index in [2.05, 4.69) is 5.32 Å². The van der Waals surface area contributed by atoms with Crippen molar-refractivity contribution in [3.05, 3.63) is 29.8 Å². The zero-order chi connectivity index (χ0) is 14.9. The van der Waals surface area contributed by atoms with Crippen molar-refractivity contribution >= 4 is 17.5 Å². The molecule has 0 radical (unpaired) electrons. The van der Waals surface area contributed by atoms with E-state index in [1.165, 1.54) is 5.56 Å². The summed E-state index contributed by atoms with van der Waals surface area (Å²) in [4.78, 5) is 26.9. The minimum absolute atomic E-state index is 0.000128. The van der Waals surface area contributed by atoms with E-state index in [-0.39, 0.29) is 11.8 Å². The van der Waals surface area contributed by atoms with E-state index >= 15 is 0 Å². The molecule has 2 amide bonds. The van der Waals surface area contributed by atoms with Gasteiger partial charge in [-0.25, -0.2) is 0 Å². The van der Waals surface area contributed by atoms with Gasteiger partial charge in [0.05, 0.1) is 0 Å². The highest BCUT2D eigenvalue weighted by molar-refractivity contribution is 6.04. The Labute approximate surface area is 125 Å². The van der Waals surface area contributed by atoms with Crippen LogP contribution in [0.25, 0.3) is 0 Å². The van der Waals surface area contributed by atoms with Crippen LogP contribution in [0.15, 0.2) is 24.3 Å². The molecule has 2 fully saturated rings. The van der Waals surface area contributed by atoms with Crippen LogP contribution in [0, 0.1) is 6.92 Å². The van der Waals surface area contributed by atoms with Crippen LogP contribution >= 0.6 is 0 Å². The SMILES string of the molecule is Cc1ccc(N2CCC(=O)NC3(CCCCC3)C2=O)cc1. The Balaban J connectivity index is 1.94. The Morgan fingerprint density at radius 3 is 2.38 bits per heavy atom. The third-order valence-corrected chi connectivity index (χ3v) is 4.65. The maximum atomic E-state index is 13.1. The van der Waals surface area contributed by atoms with Crippen molar-refractivity contribution in [2.75, 3.05) is 11.4 Å². The van der Waals surface area contributed by atoms with Crippen LogP contribution in [0.4, 0.5) is 5.69 Å². The average Bonchev–Trinajstić information content (AvgIpc) is 2.60. The lowest BCUT2D eigenvalue weighted by atomic mass is 9.80. The first-order chi connectivity index (χ1) is 10.1. The lowest BCUT2D eigenvalue weighted by Gasteiger charge is -2.38. The summed E-state index contributed by atoms with van der Waals surface area (Å²) in [5.74, 6) is 0.0664. The molecule has 1 aliphatic carbocycles. The number of nitrogens with one attached hydrogen (secondary N) is 1. The van der Waals surface area contributed by atoms with Gasteiger partial charge in [0.15, 0.2) is 0 Å². The molecule has 1 saturated carbocycles. The van der Waals surface area contributed by atoms with Crippen molar-refractivity contribution in [1.29, 1.82) is 0 Å². The Hall–Kier alpha value is -1.84. The van der Waals surface area contributed by atoms with Crippen molar-refractivity contribution in [3.63, 3.8) is 0 Å². The Morgan fingerprint density at radius 2 is 1.71 bits per heavy atom. The normalized spacial score (nSPS) is 22.0. The van der Waals surface area contributed by atoms with Gasteiger partial charge in [0.25, 0.3) is 5.91 Å². The lowest BCUT2D eigenvalue weighted by Crippen LogP contribution is -2.58. The zero-order valence-corrected chi connectivity index (χ0v) is 12.5. The fourth-order valence-corrected chi connectivity index (χ4v) is 3.42. The highest BCUT2D eigenvalue weighted by Gasteiger charge is 2.45. The van der Waals surface area contributed by atoms with Gasteiger partial charge >= 0.3 is 0 Å². The molecule has 1 aromatic carbocycles. The molecule has 1 heterocycles. The number of aryl methyl sites for hydroxylation is 1. The predicted molar refractivity (Wildman–Crippen MR) is 82.1 cm³/mol. The summed E-state index contributed by atoms with van der Waals surface area (Å²) in [6.45, 7) is 2.50. The fraction of sp³-hybridized carbons (Fsp3) is 0.529. The van der Waals surface area contributed by atoms with E-state index in [0.29, 0.717) is 13.0 Å². The second-order valence-corrected chi connectivity index (χ2v) is 6.23. The number of carbonyl (C=O) groups excluding carboxylic acids is 2. The monoisotopic (exact) mass is 286 g/mol. The van der Waals surface area contributed by atoms with E-state index in [1.54, 1.807) is 4.90 Å². The van der Waals surface area contributed by atoms with E-state index in [4.69, 9.17) is 0 Å². The van der Waals surface area contributed by atoms with Gasteiger partial charge in [-0.15, -0.1) is 0 Å². The molecule has 1 N–H and O–H groups in total. The van der Waals surface area contributed by atoms with E-state index in [1.807, 2.05) is 31.2 Å². The summed E-state index contributed by atoms with van der Waals surface area (Å²) in [5.41, 5.74) is 1.39. The smallest absolute Gasteiger partial charge is 0.252 e. The van der Waals surface area contributed by atoms with Crippen LogP contribution in [0.2, 0.25) is 0 Å². The number of hydrogen-bond acceptors (Lipinski definition) is 2. The van der Waals surface area contributed by atoms with Crippen LogP contribution in [-0.2, 0) is 9.59 Å². The van der Waals surface area contributed by atoms with Crippen molar-refractivity contribution < 1.29 is 9.59 Å². The molecule has 0 bridgehead atoms. The van der Waals surface area contributed by atoms with Crippen LogP contribution < -0.4 is 10.2 Å².